The number of carbonyl (C=O) groups is 1. The van der Waals surface area contributed by atoms with Gasteiger partial charge >= 0.3 is 12.8 Å². The number of aliphatic imine (C=N–C) groups is 1. The molecule has 6 nitrogen and oxygen atoms in total. The highest BCUT2D eigenvalue weighted by Gasteiger charge is 2.31. The molecular formula is C15H19ClF5IN4O2. The number of likely N-dealkylation sites (N-methyl/N-ethyl adjacent to an activating group) is 1. The van der Waals surface area contributed by atoms with Gasteiger partial charge in [0.2, 0.25) is 5.91 Å². The van der Waals surface area contributed by atoms with Crippen LogP contribution in [0.25, 0.3) is 0 Å². The lowest BCUT2D eigenvalue weighted by Crippen LogP contribution is -2.45. The quantitative estimate of drug-likeness (QED) is 0.240. The summed E-state index contributed by atoms with van der Waals surface area (Å²) in [5, 5.41) is 5.56. The van der Waals surface area contributed by atoms with Crippen molar-refractivity contribution in [3.63, 3.8) is 0 Å². The SMILES string of the molecule is CN=C(NCC(=O)N(C)CC(F)(F)F)NCc1cc(Cl)ccc1OC(F)F.I. The van der Waals surface area contributed by atoms with Gasteiger partial charge in [-0.2, -0.15) is 22.0 Å². The first-order valence-corrected chi connectivity index (χ1v) is 7.88. The Kier molecular flexibility index (Phi) is 11.4. The summed E-state index contributed by atoms with van der Waals surface area (Å²) in [5.74, 6) is -0.829. The monoisotopic (exact) mass is 544 g/mol. The summed E-state index contributed by atoms with van der Waals surface area (Å²) in [6.45, 7) is -4.88. The molecule has 1 rings (SSSR count). The maximum absolute atomic E-state index is 12.4. The molecule has 0 aromatic heterocycles. The number of benzene rings is 1. The van der Waals surface area contributed by atoms with Crippen molar-refractivity contribution in [1.82, 2.24) is 15.5 Å². The van der Waals surface area contributed by atoms with E-state index in [-0.39, 0.29) is 42.2 Å². The Balaban J connectivity index is 0.00000729. The fourth-order valence-electron chi connectivity index (χ4n) is 1.95. The second kappa shape index (κ2) is 12.1. The highest BCUT2D eigenvalue weighted by molar-refractivity contribution is 14.0. The summed E-state index contributed by atoms with van der Waals surface area (Å²) in [6.07, 6.45) is -4.50. The van der Waals surface area contributed by atoms with E-state index in [0.29, 0.717) is 15.5 Å². The Labute approximate surface area is 180 Å². The molecule has 0 spiro atoms. The third-order valence-corrected chi connectivity index (χ3v) is 3.39. The molecule has 0 aliphatic rings. The fourth-order valence-corrected chi connectivity index (χ4v) is 2.14. The molecule has 13 heteroatoms. The van der Waals surface area contributed by atoms with Crippen LogP contribution in [0.3, 0.4) is 0 Å². The van der Waals surface area contributed by atoms with E-state index in [2.05, 4.69) is 20.4 Å². The van der Waals surface area contributed by atoms with Gasteiger partial charge < -0.3 is 20.3 Å². The van der Waals surface area contributed by atoms with Gasteiger partial charge in [0.25, 0.3) is 0 Å². The van der Waals surface area contributed by atoms with E-state index in [0.717, 1.165) is 7.05 Å². The molecule has 0 heterocycles. The van der Waals surface area contributed by atoms with Crippen molar-refractivity contribution in [2.45, 2.75) is 19.3 Å². The molecule has 28 heavy (non-hydrogen) atoms. The van der Waals surface area contributed by atoms with Crippen molar-refractivity contribution in [1.29, 1.82) is 0 Å². The van der Waals surface area contributed by atoms with Gasteiger partial charge in [0.15, 0.2) is 5.96 Å². The molecular weight excluding hydrogens is 526 g/mol. The summed E-state index contributed by atoms with van der Waals surface area (Å²) >= 11 is 5.83. The third kappa shape index (κ3) is 10.1. The molecule has 0 aliphatic heterocycles. The molecule has 0 bridgehead atoms. The number of alkyl halides is 5. The number of hydrogen-bond acceptors (Lipinski definition) is 3. The van der Waals surface area contributed by atoms with Gasteiger partial charge in [-0.3, -0.25) is 9.79 Å². The van der Waals surface area contributed by atoms with Crippen molar-refractivity contribution in [3.05, 3.63) is 28.8 Å². The van der Waals surface area contributed by atoms with Gasteiger partial charge in [0.05, 0.1) is 6.54 Å². The van der Waals surface area contributed by atoms with Gasteiger partial charge in [-0.15, -0.1) is 24.0 Å². The summed E-state index contributed by atoms with van der Waals surface area (Å²) < 4.78 is 66.1. The zero-order valence-corrected chi connectivity index (χ0v) is 17.9. The van der Waals surface area contributed by atoms with Crippen molar-refractivity contribution < 1.29 is 31.5 Å². The minimum atomic E-state index is -4.50. The van der Waals surface area contributed by atoms with E-state index in [9.17, 15) is 26.7 Å². The van der Waals surface area contributed by atoms with E-state index in [1.165, 1.54) is 25.2 Å². The smallest absolute Gasteiger partial charge is 0.406 e. The van der Waals surface area contributed by atoms with Crippen LogP contribution >= 0.6 is 35.6 Å². The van der Waals surface area contributed by atoms with Crippen LogP contribution in [0.1, 0.15) is 5.56 Å². The molecule has 1 aromatic rings. The van der Waals surface area contributed by atoms with Crippen molar-refractivity contribution in [2.75, 3.05) is 27.2 Å². The Hall–Kier alpha value is -1.57. The highest BCUT2D eigenvalue weighted by Crippen LogP contribution is 2.24. The molecule has 0 unspecified atom stereocenters. The van der Waals surface area contributed by atoms with Crippen LogP contribution in [0.5, 0.6) is 5.75 Å². The molecule has 0 fully saturated rings. The number of halogens is 7. The lowest BCUT2D eigenvalue weighted by Gasteiger charge is -2.20. The molecule has 1 amide bonds. The summed E-state index contributed by atoms with van der Waals surface area (Å²) in [4.78, 5) is 16.0. The molecule has 0 radical (unpaired) electrons. The largest absolute Gasteiger partial charge is 0.434 e. The molecule has 2 N–H and O–H groups in total. The second-order valence-electron chi connectivity index (χ2n) is 5.27. The van der Waals surface area contributed by atoms with Gasteiger partial charge in [-0.05, 0) is 18.2 Å². The number of hydrogen-bond donors (Lipinski definition) is 2. The molecule has 160 valence electrons. The number of amides is 1. The molecule has 1 aromatic carbocycles. The van der Waals surface area contributed by atoms with Gasteiger partial charge in [0.1, 0.15) is 12.3 Å². The van der Waals surface area contributed by atoms with Crippen molar-refractivity contribution in [3.8, 4) is 5.75 Å². The van der Waals surface area contributed by atoms with E-state index in [1.807, 2.05) is 0 Å². The maximum atomic E-state index is 12.4. The first kappa shape index (κ1) is 26.4. The zero-order valence-electron chi connectivity index (χ0n) is 14.8. The Morgan fingerprint density at radius 2 is 1.96 bits per heavy atom. The average molecular weight is 545 g/mol. The average Bonchev–Trinajstić information content (AvgIpc) is 2.55. The summed E-state index contributed by atoms with van der Waals surface area (Å²) in [5.41, 5.74) is 0.297. The number of rotatable bonds is 7. The topological polar surface area (TPSA) is 66.0 Å². The molecule has 0 atom stereocenters. The molecule has 0 saturated carbocycles. The number of carbonyl (C=O) groups excluding carboxylic acids is 1. The van der Waals surface area contributed by atoms with Crippen LogP contribution in [0.4, 0.5) is 22.0 Å². The Bertz CT molecular complexity index is 676. The molecule has 0 saturated heterocycles. The Morgan fingerprint density at radius 3 is 2.50 bits per heavy atom. The van der Waals surface area contributed by atoms with Crippen LogP contribution in [0.2, 0.25) is 5.02 Å². The fraction of sp³-hybridized carbons (Fsp3) is 0.467. The van der Waals surface area contributed by atoms with E-state index < -0.39 is 31.8 Å². The first-order chi connectivity index (χ1) is 12.5. The van der Waals surface area contributed by atoms with E-state index in [1.54, 1.807) is 0 Å². The minimum Gasteiger partial charge on any atom is -0.434 e. The summed E-state index contributed by atoms with van der Waals surface area (Å²) in [6, 6.07) is 4.06. The predicted octanol–water partition coefficient (Wildman–Crippen LogP) is 3.25. The van der Waals surface area contributed by atoms with Crippen molar-refractivity contribution >= 4 is 47.4 Å². The van der Waals surface area contributed by atoms with Crippen LogP contribution in [-0.2, 0) is 11.3 Å². The van der Waals surface area contributed by atoms with E-state index in [4.69, 9.17) is 11.6 Å². The van der Waals surface area contributed by atoms with E-state index >= 15 is 0 Å². The maximum Gasteiger partial charge on any atom is 0.406 e. The van der Waals surface area contributed by atoms with Gasteiger partial charge in [-0.1, -0.05) is 11.6 Å². The second-order valence-corrected chi connectivity index (χ2v) is 5.71. The standard InChI is InChI=1S/C15H18ClF5N4O2.HI/c1-22-14(24-7-12(26)25(2)8-15(19,20)21)23-6-9-5-10(16)3-4-11(9)27-13(17)18;/h3-5,13H,6-8H2,1-2H3,(H2,22,23,24);1H. The number of nitrogens with zero attached hydrogens (tertiary/aromatic N) is 2. The lowest BCUT2D eigenvalue weighted by molar-refractivity contribution is -0.157. The molecule has 0 aliphatic carbocycles. The third-order valence-electron chi connectivity index (χ3n) is 3.16. The van der Waals surface area contributed by atoms with Crippen LogP contribution < -0.4 is 15.4 Å². The Morgan fingerprint density at radius 1 is 1.32 bits per heavy atom. The lowest BCUT2D eigenvalue weighted by atomic mass is 10.2. The van der Waals surface area contributed by atoms with Crippen LogP contribution in [0, 0.1) is 0 Å². The number of nitrogens with one attached hydrogen (secondary N) is 2. The normalized spacial score (nSPS) is 11.7. The van der Waals surface area contributed by atoms with Gasteiger partial charge in [0, 0.05) is 31.2 Å². The van der Waals surface area contributed by atoms with Crippen LogP contribution in [0.15, 0.2) is 23.2 Å². The minimum absolute atomic E-state index is 0. The zero-order chi connectivity index (χ0) is 20.6. The van der Waals surface area contributed by atoms with Crippen LogP contribution in [-0.4, -0.2) is 56.7 Å². The number of guanidine groups is 1. The number of ether oxygens (including phenoxy) is 1. The summed E-state index contributed by atoms with van der Waals surface area (Å²) in [7, 11) is 2.39. The van der Waals surface area contributed by atoms with Gasteiger partial charge in [-0.25, -0.2) is 0 Å². The van der Waals surface area contributed by atoms with Crippen molar-refractivity contribution in [2.24, 2.45) is 4.99 Å². The predicted molar refractivity (Wildman–Crippen MR) is 105 cm³/mol. The highest BCUT2D eigenvalue weighted by atomic mass is 127. The first-order valence-electron chi connectivity index (χ1n) is 7.50.